The molecule has 1 aliphatic carbocycles. The van der Waals surface area contributed by atoms with Crippen LogP contribution in [0.25, 0.3) is 0 Å². The lowest BCUT2D eigenvalue weighted by molar-refractivity contribution is 0.333. The van der Waals surface area contributed by atoms with Crippen LogP contribution in [0, 0.1) is 5.92 Å². The molecule has 20 heavy (non-hydrogen) atoms. The molecule has 0 radical (unpaired) electrons. The normalized spacial score (nSPS) is 26.4. The summed E-state index contributed by atoms with van der Waals surface area (Å²) in [4.78, 5) is 0.122. The van der Waals surface area contributed by atoms with E-state index in [4.69, 9.17) is 28.9 Å². The summed E-state index contributed by atoms with van der Waals surface area (Å²) in [5.74, 6) is 0.495. The van der Waals surface area contributed by atoms with Gasteiger partial charge in [0.2, 0.25) is 10.0 Å². The van der Waals surface area contributed by atoms with Crippen LogP contribution in [0.5, 0.6) is 0 Å². The highest BCUT2D eigenvalue weighted by atomic mass is 35.5. The molecule has 0 amide bonds. The molecule has 1 heterocycles. The van der Waals surface area contributed by atoms with Crippen molar-refractivity contribution in [1.29, 1.82) is 0 Å². The summed E-state index contributed by atoms with van der Waals surface area (Å²) in [7, 11) is -3.56. The van der Waals surface area contributed by atoms with E-state index in [9.17, 15) is 8.42 Å². The minimum Gasteiger partial charge on any atom is -0.326 e. The number of nitrogens with two attached hydrogens (primary N) is 1. The van der Waals surface area contributed by atoms with Crippen molar-refractivity contribution in [1.82, 2.24) is 4.31 Å². The van der Waals surface area contributed by atoms with E-state index >= 15 is 0 Å². The first-order chi connectivity index (χ1) is 9.45. The monoisotopic (exact) mass is 334 g/mol. The van der Waals surface area contributed by atoms with Crippen LogP contribution in [0.3, 0.4) is 0 Å². The van der Waals surface area contributed by atoms with Gasteiger partial charge in [0, 0.05) is 29.7 Å². The van der Waals surface area contributed by atoms with E-state index in [1.807, 2.05) is 0 Å². The quantitative estimate of drug-likeness (QED) is 0.924. The standard InChI is InChI=1S/C13H16Cl2N2O2S/c14-11-3-4-12(13(15)10(11)6-16)20(18,19)17-7-8-1-2-9(17)5-8/h3-4,8-9H,1-2,5-7,16H2. The minimum absolute atomic E-state index is 0.118. The van der Waals surface area contributed by atoms with Crippen molar-refractivity contribution in [3.8, 4) is 0 Å². The van der Waals surface area contributed by atoms with Gasteiger partial charge in [-0.05, 0) is 37.3 Å². The van der Waals surface area contributed by atoms with Crippen molar-refractivity contribution in [2.45, 2.75) is 36.7 Å². The second kappa shape index (κ2) is 5.14. The summed E-state index contributed by atoms with van der Waals surface area (Å²) in [6.07, 6.45) is 3.03. The molecular formula is C13H16Cl2N2O2S. The van der Waals surface area contributed by atoms with Crippen LogP contribution in [0.4, 0.5) is 0 Å². The first-order valence-electron chi connectivity index (χ1n) is 6.64. The zero-order chi connectivity index (χ0) is 14.5. The van der Waals surface area contributed by atoms with Crippen molar-refractivity contribution in [2.75, 3.05) is 6.54 Å². The number of hydrogen-bond donors (Lipinski definition) is 1. The third-order valence-electron chi connectivity index (χ3n) is 4.30. The van der Waals surface area contributed by atoms with Crippen molar-refractivity contribution in [3.63, 3.8) is 0 Å². The van der Waals surface area contributed by atoms with Gasteiger partial charge >= 0.3 is 0 Å². The van der Waals surface area contributed by atoms with Crippen LogP contribution in [-0.4, -0.2) is 25.3 Å². The zero-order valence-electron chi connectivity index (χ0n) is 10.9. The van der Waals surface area contributed by atoms with Gasteiger partial charge < -0.3 is 5.73 Å². The maximum Gasteiger partial charge on any atom is 0.244 e. The van der Waals surface area contributed by atoms with Crippen molar-refractivity contribution < 1.29 is 8.42 Å². The average Bonchev–Trinajstić information content (AvgIpc) is 3.01. The Morgan fingerprint density at radius 2 is 2.05 bits per heavy atom. The molecular weight excluding hydrogens is 319 g/mol. The third-order valence-corrected chi connectivity index (χ3v) is 7.16. The van der Waals surface area contributed by atoms with Gasteiger partial charge in [0.25, 0.3) is 0 Å². The molecule has 2 N–H and O–H groups in total. The average molecular weight is 335 g/mol. The van der Waals surface area contributed by atoms with Gasteiger partial charge in [-0.1, -0.05) is 23.2 Å². The van der Waals surface area contributed by atoms with Gasteiger partial charge in [-0.15, -0.1) is 0 Å². The van der Waals surface area contributed by atoms with Gasteiger partial charge in [-0.3, -0.25) is 0 Å². The SMILES string of the molecule is NCc1c(Cl)ccc(S(=O)(=O)N2CC3CCC2C3)c1Cl. The number of sulfonamides is 1. The van der Waals surface area contributed by atoms with Gasteiger partial charge in [0.1, 0.15) is 4.90 Å². The smallest absolute Gasteiger partial charge is 0.244 e. The maximum atomic E-state index is 12.8. The predicted molar refractivity (Wildman–Crippen MR) is 79.4 cm³/mol. The van der Waals surface area contributed by atoms with Crippen LogP contribution >= 0.6 is 23.2 Å². The Morgan fingerprint density at radius 3 is 2.60 bits per heavy atom. The number of benzene rings is 1. The fourth-order valence-electron chi connectivity index (χ4n) is 3.26. The first-order valence-corrected chi connectivity index (χ1v) is 8.83. The van der Waals surface area contributed by atoms with Crippen LogP contribution in [0.15, 0.2) is 17.0 Å². The summed E-state index contributed by atoms with van der Waals surface area (Å²) in [5.41, 5.74) is 6.09. The molecule has 1 aromatic rings. The van der Waals surface area contributed by atoms with E-state index in [-0.39, 0.29) is 22.5 Å². The van der Waals surface area contributed by atoms with Crippen LogP contribution in [0.2, 0.25) is 10.0 Å². The largest absolute Gasteiger partial charge is 0.326 e. The Morgan fingerprint density at radius 1 is 1.30 bits per heavy atom. The fourth-order valence-corrected chi connectivity index (χ4v) is 5.91. The van der Waals surface area contributed by atoms with Crippen molar-refractivity contribution in [3.05, 3.63) is 27.7 Å². The van der Waals surface area contributed by atoms with Gasteiger partial charge in [-0.2, -0.15) is 4.31 Å². The third kappa shape index (κ3) is 2.16. The predicted octanol–water partition coefficient (Wildman–Crippen LogP) is 2.63. The Bertz CT molecular complexity index is 648. The van der Waals surface area contributed by atoms with E-state index in [1.54, 1.807) is 10.4 Å². The lowest BCUT2D eigenvalue weighted by atomic mass is 10.1. The number of nitrogens with zero attached hydrogens (tertiary/aromatic N) is 1. The fraction of sp³-hybridized carbons (Fsp3) is 0.538. The van der Waals surface area contributed by atoms with E-state index in [0.717, 1.165) is 19.3 Å². The molecule has 2 unspecified atom stereocenters. The van der Waals surface area contributed by atoms with E-state index in [2.05, 4.69) is 0 Å². The molecule has 0 spiro atoms. The Labute approximate surface area is 128 Å². The molecule has 2 atom stereocenters. The van der Waals surface area contributed by atoms with Gasteiger partial charge in [0.15, 0.2) is 0 Å². The Hall–Kier alpha value is -0.330. The Kier molecular flexibility index (Phi) is 3.75. The van der Waals surface area contributed by atoms with Gasteiger partial charge in [0.05, 0.1) is 5.02 Å². The lowest BCUT2D eigenvalue weighted by Gasteiger charge is -2.27. The molecule has 1 aliphatic heterocycles. The summed E-state index contributed by atoms with van der Waals surface area (Å²) in [6, 6.07) is 3.15. The summed E-state index contributed by atoms with van der Waals surface area (Å²) < 4.78 is 27.2. The second-order valence-corrected chi connectivity index (χ2v) is 8.09. The number of halogens is 2. The molecule has 110 valence electrons. The molecule has 4 nitrogen and oxygen atoms in total. The topological polar surface area (TPSA) is 63.4 Å². The highest BCUT2D eigenvalue weighted by Crippen LogP contribution is 2.42. The molecule has 0 aromatic heterocycles. The molecule has 1 saturated heterocycles. The molecule has 7 heteroatoms. The molecule has 2 bridgehead atoms. The number of hydrogen-bond acceptors (Lipinski definition) is 3. The molecule has 1 saturated carbocycles. The first kappa shape index (κ1) is 14.6. The molecule has 3 rings (SSSR count). The number of fused-ring (bicyclic) bond motifs is 2. The van der Waals surface area contributed by atoms with E-state index in [0.29, 0.717) is 23.0 Å². The highest BCUT2D eigenvalue weighted by Gasteiger charge is 2.44. The number of rotatable bonds is 3. The second-order valence-electron chi connectivity index (χ2n) is 5.45. The van der Waals surface area contributed by atoms with Crippen LogP contribution in [-0.2, 0) is 16.6 Å². The van der Waals surface area contributed by atoms with Crippen LogP contribution < -0.4 is 5.73 Å². The van der Waals surface area contributed by atoms with E-state index in [1.165, 1.54) is 6.07 Å². The Balaban J connectivity index is 2.04. The molecule has 2 aliphatic rings. The van der Waals surface area contributed by atoms with E-state index < -0.39 is 10.0 Å². The number of piperidine rings is 1. The maximum absolute atomic E-state index is 12.8. The van der Waals surface area contributed by atoms with Crippen molar-refractivity contribution >= 4 is 33.2 Å². The highest BCUT2D eigenvalue weighted by molar-refractivity contribution is 7.89. The lowest BCUT2D eigenvalue weighted by Crippen LogP contribution is -2.37. The van der Waals surface area contributed by atoms with Crippen LogP contribution in [0.1, 0.15) is 24.8 Å². The zero-order valence-corrected chi connectivity index (χ0v) is 13.2. The van der Waals surface area contributed by atoms with Gasteiger partial charge in [-0.25, -0.2) is 8.42 Å². The van der Waals surface area contributed by atoms with Crippen molar-refractivity contribution in [2.24, 2.45) is 11.7 Å². The molecule has 1 aromatic carbocycles. The molecule has 2 fully saturated rings. The minimum atomic E-state index is -3.56. The summed E-state index contributed by atoms with van der Waals surface area (Å²) in [5, 5.41) is 0.558. The summed E-state index contributed by atoms with van der Waals surface area (Å²) in [6.45, 7) is 0.719. The summed E-state index contributed by atoms with van der Waals surface area (Å²) >= 11 is 12.2.